The molecule has 3 rings (SSSR count). The molecule has 1 saturated carbocycles. The minimum absolute atomic E-state index is 0.0803. The minimum atomic E-state index is 0.0803. The Labute approximate surface area is 120 Å². The smallest absolute Gasteiger partial charge is 0.257 e. The van der Waals surface area contributed by atoms with Crippen molar-refractivity contribution in [3.05, 3.63) is 23.2 Å². The van der Waals surface area contributed by atoms with E-state index in [9.17, 15) is 4.79 Å². The normalized spacial score (nSPS) is 26.6. The lowest BCUT2D eigenvalue weighted by atomic mass is 9.99. The van der Waals surface area contributed by atoms with Crippen LogP contribution in [0.25, 0.3) is 0 Å². The fourth-order valence-electron chi connectivity index (χ4n) is 3.22. The van der Waals surface area contributed by atoms with Gasteiger partial charge in [0, 0.05) is 25.0 Å². The zero-order valence-electron chi connectivity index (χ0n) is 12.6. The van der Waals surface area contributed by atoms with Crippen LogP contribution in [-0.2, 0) is 0 Å². The fraction of sp³-hybridized carbons (Fsp3) is 0.688. The van der Waals surface area contributed by atoms with Crippen LogP contribution in [0.2, 0.25) is 0 Å². The summed E-state index contributed by atoms with van der Waals surface area (Å²) in [7, 11) is 0. The number of carbonyl (C=O) groups excluding carboxylic acids is 1. The molecule has 2 atom stereocenters. The van der Waals surface area contributed by atoms with E-state index in [1.165, 1.54) is 12.8 Å². The van der Waals surface area contributed by atoms with Crippen LogP contribution in [0.4, 0.5) is 0 Å². The Morgan fingerprint density at radius 1 is 1.40 bits per heavy atom. The Hall–Kier alpha value is -1.29. The Morgan fingerprint density at radius 3 is 2.65 bits per heavy atom. The van der Waals surface area contributed by atoms with Crippen LogP contribution >= 0.6 is 0 Å². The minimum Gasteiger partial charge on any atom is -0.465 e. The first kappa shape index (κ1) is 13.7. The first-order chi connectivity index (χ1) is 9.47. The van der Waals surface area contributed by atoms with Crippen molar-refractivity contribution in [1.29, 1.82) is 0 Å². The molecule has 2 heterocycles. The number of hydrogen-bond acceptors (Lipinski definition) is 3. The van der Waals surface area contributed by atoms with Crippen molar-refractivity contribution in [3.8, 4) is 0 Å². The maximum atomic E-state index is 12.6. The van der Waals surface area contributed by atoms with Gasteiger partial charge in [-0.15, -0.1) is 0 Å². The Morgan fingerprint density at radius 2 is 2.10 bits per heavy atom. The van der Waals surface area contributed by atoms with E-state index >= 15 is 0 Å². The average Bonchev–Trinajstić information content (AvgIpc) is 3.05. The first-order valence-electron chi connectivity index (χ1n) is 7.62. The molecule has 2 aliphatic rings. The molecule has 1 aliphatic heterocycles. The van der Waals surface area contributed by atoms with Crippen LogP contribution in [0.1, 0.15) is 54.5 Å². The van der Waals surface area contributed by atoms with Gasteiger partial charge in [-0.2, -0.15) is 0 Å². The van der Waals surface area contributed by atoms with Crippen molar-refractivity contribution >= 4 is 5.91 Å². The predicted molar refractivity (Wildman–Crippen MR) is 77.6 cm³/mol. The van der Waals surface area contributed by atoms with Gasteiger partial charge in [0.05, 0.1) is 5.56 Å². The summed E-state index contributed by atoms with van der Waals surface area (Å²) in [5.74, 6) is 3.23. The molecular formula is C16H24N2O2. The number of rotatable bonds is 3. The molecule has 2 fully saturated rings. The van der Waals surface area contributed by atoms with E-state index in [1.807, 2.05) is 17.9 Å². The summed E-state index contributed by atoms with van der Waals surface area (Å²) in [5.41, 5.74) is 6.91. The molecule has 4 heteroatoms. The number of hydrogen-bond donors (Lipinski definition) is 1. The maximum Gasteiger partial charge on any atom is 0.257 e. The molecule has 1 aromatic rings. The van der Waals surface area contributed by atoms with Gasteiger partial charge >= 0.3 is 0 Å². The molecule has 2 unspecified atom stereocenters. The Balaban J connectivity index is 1.76. The first-order valence-corrected chi connectivity index (χ1v) is 7.62. The van der Waals surface area contributed by atoms with Gasteiger partial charge in [-0.05, 0) is 37.7 Å². The van der Waals surface area contributed by atoms with Gasteiger partial charge in [0.2, 0.25) is 0 Å². The van der Waals surface area contributed by atoms with Gasteiger partial charge in [-0.1, -0.05) is 13.8 Å². The standard InChI is InChI=1S/C16H24N2O2/c1-9(2)15-6-12(10(3)20-15)16(19)18-7-13(11-4-5-11)14(17)8-18/h6,9,11,13-14H,4-5,7-8,17H2,1-3H3. The molecule has 4 nitrogen and oxygen atoms in total. The lowest BCUT2D eigenvalue weighted by Crippen LogP contribution is -2.32. The number of amides is 1. The molecule has 20 heavy (non-hydrogen) atoms. The highest BCUT2D eigenvalue weighted by molar-refractivity contribution is 5.95. The second-order valence-corrected chi connectivity index (χ2v) is 6.65. The lowest BCUT2D eigenvalue weighted by molar-refractivity contribution is 0.0783. The summed E-state index contributed by atoms with van der Waals surface area (Å²) >= 11 is 0. The monoisotopic (exact) mass is 276 g/mol. The van der Waals surface area contributed by atoms with Crippen LogP contribution in [0.15, 0.2) is 10.5 Å². The van der Waals surface area contributed by atoms with Crippen molar-refractivity contribution in [2.45, 2.75) is 45.6 Å². The van der Waals surface area contributed by atoms with Crippen LogP contribution in [-0.4, -0.2) is 29.9 Å². The van der Waals surface area contributed by atoms with Crippen molar-refractivity contribution in [2.24, 2.45) is 17.6 Å². The molecule has 2 N–H and O–H groups in total. The van der Waals surface area contributed by atoms with Gasteiger partial charge in [-0.25, -0.2) is 0 Å². The number of nitrogens with two attached hydrogens (primary N) is 1. The lowest BCUT2D eigenvalue weighted by Gasteiger charge is -2.15. The van der Waals surface area contributed by atoms with Gasteiger partial charge < -0.3 is 15.1 Å². The molecular weight excluding hydrogens is 252 g/mol. The Bertz CT molecular complexity index is 517. The summed E-state index contributed by atoms with van der Waals surface area (Å²) in [6.07, 6.45) is 2.56. The Kier molecular flexibility index (Phi) is 3.36. The third-order valence-electron chi connectivity index (χ3n) is 4.66. The number of nitrogens with zero attached hydrogens (tertiary/aromatic N) is 1. The van der Waals surface area contributed by atoms with Gasteiger partial charge in [0.25, 0.3) is 5.91 Å². The third kappa shape index (κ3) is 2.37. The molecule has 1 amide bonds. The molecule has 0 aromatic carbocycles. The highest BCUT2D eigenvalue weighted by Gasteiger charge is 2.42. The molecule has 1 aliphatic carbocycles. The number of aryl methyl sites for hydroxylation is 1. The van der Waals surface area contributed by atoms with E-state index < -0.39 is 0 Å². The maximum absolute atomic E-state index is 12.6. The molecule has 0 bridgehead atoms. The molecule has 0 spiro atoms. The van der Waals surface area contributed by atoms with Crippen LogP contribution in [0.5, 0.6) is 0 Å². The molecule has 0 radical (unpaired) electrons. The van der Waals surface area contributed by atoms with Crippen LogP contribution in [0.3, 0.4) is 0 Å². The van der Waals surface area contributed by atoms with Crippen molar-refractivity contribution in [2.75, 3.05) is 13.1 Å². The summed E-state index contributed by atoms with van der Waals surface area (Å²) < 4.78 is 5.69. The summed E-state index contributed by atoms with van der Waals surface area (Å²) in [4.78, 5) is 14.6. The summed E-state index contributed by atoms with van der Waals surface area (Å²) in [6, 6.07) is 2.04. The van der Waals surface area contributed by atoms with Gasteiger partial charge in [-0.3, -0.25) is 4.79 Å². The van der Waals surface area contributed by atoms with Gasteiger partial charge in [0.1, 0.15) is 11.5 Å². The van der Waals surface area contributed by atoms with Gasteiger partial charge in [0.15, 0.2) is 0 Å². The highest BCUT2D eigenvalue weighted by Crippen LogP contribution is 2.41. The number of carbonyl (C=O) groups is 1. The quantitative estimate of drug-likeness (QED) is 0.923. The SMILES string of the molecule is Cc1oc(C(C)C)cc1C(=O)N1CC(N)C(C2CC2)C1. The largest absolute Gasteiger partial charge is 0.465 e. The average molecular weight is 276 g/mol. The fourth-order valence-corrected chi connectivity index (χ4v) is 3.22. The van der Waals surface area contributed by atoms with Crippen LogP contribution < -0.4 is 5.73 Å². The van der Waals surface area contributed by atoms with Crippen molar-refractivity contribution in [1.82, 2.24) is 4.90 Å². The van der Waals surface area contributed by atoms with E-state index in [0.29, 0.717) is 23.9 Å². The number of likely N-dealkylation sites (tertiary alicyclic amines) is 1. The van der Waals surface area contributed by atoms with E-state index in [-0.39, 0.29) is 11.9 Å². The molecule has 1 saturated heterocycles. The van der Waals surface area contributed by atoms with E-state index in [4.69, 9.17) is 10.2 Å². The molecule has 1 aromatic heterocycles. The van der Waals surface area contributed by atoms with E-state index in [2.05, 4.69) is 13.8 Å². The topological polar surface area (TPSA) is 59.5 Å². The zero-order valence-corrected chi connectivity index (χ0v) is 12.6. The summed E-state index contributed by atoms with van der Waals surface area (Å²) in [5, 5.41) is 0. The predicted octanol–water partition coefficient (Wildman–Crippen LogP) is 2.52. The van der Waals surface area contributed by atoms with Crippen molar-refractivity contribution in [3.63, 3.8) is 0 Å². The number of furan rings is 1. The second kappa shape index (κ2) is 4.92. The second-order valence-electron chi connectivity index (χ2n) is 6.65. The zero-order chi connectivity index (χ0) is 14.4. The van der Waals surface area contributed by atoms with Crippen LogP contribution in [0, 0.1) is 18.8 Å². The van der Waals surface area contributed by atoms with E-state index in [1.54, 1.807) is 0 Å². The molecule has 110 valence electrons. The van der Waals surface area contributed by atoms with E-state index in [0.717, 1.165) is 24.0 Å². The van der Waals surface area contributed by atoms with Crippen molar-refractivity contribution < 1.29 is 9.21 Å². The summed E-state index contributed by atoms with van der Waals surface area (Å²) in [6.45, 7) is 7.50. The third-order valence-corrected chi connectivity index (χ3v) is 4.66. The highest BCUT2D eigenvalue weighted by atomic mass is 16.3.